The van der Waals surface area contributed by atoms with Gasteiger partial charge < -0.3 is 13.8 Å². The maximum absolute atomic E-state index is 3.25. The molecule has 0 atom stereocenters. The summed E-state index contributed by atoms with van der Waals surface area (Å²) in [7, 11) is 0. The number of hydrogen-bond donors (Lipinski definition) is 0. The zero-order valence-electron chi connectivity index (χ0n) is 12.2. The third-order valence-electron chi connectivity index (χ3n) is 1.45. The topological polar surface area (TPSA) is 0 Å². The molecule has 0 aromatic rings. The van der Waals surface area contributed by atoms with Gasteiger partial charge in [0.2, 0.25) is 0 Å². The van der Waals surface area contributed by atoms with Crippen molar-refractivity contribution in [3.05, 3.63) is 62.0 Å². The van der Waals surface area contributed by atoms with E-state index in [9.17, 15) is 0 Å². The molecule has 0 amide bonds. The van der Waals surface area contributed by atoms with Crippen molar-refractivity contribution < 1.29 is 23.3 Å². The summed E-state index contributed by atoms with van der Waals surface area (Å²) < 4.78 is 0. The Morgan fingerprint density at radius 1 is 1.05 bits per heavy atom. The van der Waals surface area contributed by atoms with Crippen LogP contribution in [0.4, 0.5) is 0 Å². The first-order chi connectivity index (χ1) is 8.39. The van der Waals surface area contributed by atoms with Crippen LogP contribution in [0.5, 0.6) is 0 Å². The second-order valence-electron chi connectivity index (χ2n) is 2.47. The normalized spacial score (nSPS) is 11.3. The molecule has 0 fully saturated rings. The molecule has 2 aliphatic carbocycles. The van der Waals surface area contributed by atoms with Crippen molar-refractivity contribution in [2.24, 2.45) is 0 Å². The molecule has 0 unspecified atom stereocenters. The summed E-state index contributed by atoms with van der Waals surface area (Å²) in [4.78, 5) is 0. The fourth-order valence-electron chi connectivity index (χ4n) is 0.855. The van der Waals surface area contributed by atoms with E-state index in [0.29, 0.717) is 0 Å². The predicted molar refractivity (Wildman–Crippen MR) is 92.9 cm³/mol. The molecule has 0 aliphatic heterocycles. The molecule has 19 heavy (non-hydrogen) atoms. The average Bonchev–Trinajstić information content (AvgIpc) is 3.12. The first-order valence-corrected chi connectivity index (χ1v) is 11.5. The van der Waals surface area contributed by atoms with Crippen molar-refractivity contribution in [1.29, 1.82) is 0 Å². The third-order valence-corrected chi connectivity index (χ3v) is 1.45. The number of rotatable bonds is 0. The van der Waals surface area contributed by atoms with E-state index in [-0.39, 0.29) is 24.8 Å². The number of allylic oxidation sites excluding steroid dienone is 8. The van der Waals surface area contributed by atoms with Crippen molar-refractivity contribution in [2.45, 2.75) is 33.6 Å². The van der Waals surface area contributed by atoms with E-state index in [1.807, 2.05) is 19.0 Å². The van der Waals surface area contributed by atoms with Crippen LogP contribution < -0.4 is 0 Å². The summed E-state index contributed by atoms with van der Waals surface area (Å²) in [5, 5.41) is 0. The Labute approximate surface area is 149 Å². The third kappa shape index (κ3) is 32.3. The standard InChI is InChI=1S/C6H7.C5H5.2C2H5.2ClH.H2Si.Zr/c1-6-4-2-3-5-6;1-2-4-5-3-1;2*1-2;;;;/h2,4H,3H2,1H3;1-3H,4H2;2*1H2,2H3;2*1H;1H2;/q4*-1;;;;. The molecule has 112 valence electrons. The Morgan fingerprint density at radius 2 is 1.58 bits per heavy atom. The molecule has 0 bridgehead atoms. The minimum absolute atomic E-state index is 0. The minimum atomic E-state index is 0. The zero-order chi connectivity index (χ0) is 13.9. The molecule has 0 N–H and O–H groups in total. The second kappa shape index (κ2) is 36.3. The van der Waals surface area contributed by atoms with Crippen LogP contribution in [0.15, 0.2) is 36.0 Å². The summed E-state index contributed by atoms with van der Waals surface area (Å²) in [5.74, 6) is 0. The van der Waals surface area contributed by atoms with Gasteiger partial charge in [-0.25, -0.2) is 23.8 Å². The van der Waals surface area contributed by atoms with Gasteiger partial charge in [0.05, 0.1) is 0 Å². The first-order valence-electron chi connectivity index (χ1n) is 5.62. The van der Waals surface area contributed by atoms with Crippen LogP contribution in [0, 0.1) is 26.0 Å². The molecule has 0 saturated heterocycles. The molecule has 2 aliphatic rings. The van der Waals surface area contributed by atoms with Gasteiger partial charge in [-0.1, -0.05) is 6.92 Å². The zero-order valence-corrected chi connectivity index (χ0v) is 17.7. The summed E-state index contributed by atoms with van der Waals surface area (Å²) >= 11 is 1.58. The molecule has 0 nitrogen and oxygen atoms in total. The van der Waals surface area contributed by atoms with Crippen LogP contribution in [0.3, 0.4) is 0 Å². The predicted octanol–water partition coefficient (Wildman–Crippen LogP) is 4.61. The van der Waals surface area contributed by atoms with E-state index in [4.69, 9.17) is 0 Å². The molecule has 0 radical (unpaired) electrons. The van der Waals surface area contributed by atoms with E-state index < -0.39 is 0 Å². The number of hydrogen-bond acceptors (Lipinski definition) is 0. The van der Waals surface area contributed by atoms with Gasteiger partial charge in [-0.3, -0.25) is 12.2 Å². The van der Waals surface area contributed by atoms with Crippen molar-refractivity contribution >= 4 is 31.7 Å². The van der Waals surface area contributed by atoms with Gasteiger partial charge in [0.15, 0.2) is 0 Å². The molecule has 0 heterocycles. The van der Waals surface area contributed by atoms with Gasteiger partial charge in [0.1, 0.15) is 0 Å². The van der Waals surface area contributed by atoms with E-state index in [1.165, 1.54) is 5.57 Å². The molecule has 0 spiro atoms. The van der Waals surface area contributed by atoms with Crippen molar-refractivity contribution in [2.75, 3.05) is 0 Å². The van der Waals surface area contributed by atoms with Crippen molar-refractivity contribution in [1.82, 2.24) is 0 Å². The van der Waals surface area contributed by atoms with Crippen molar-refractivity contribution in [3.8, 4) is 0 Å². The van der Waals surface area contributed by atoms with Gasteiger partial charge in [-0.2, -0.15) is 26.0 Å². The average molecular weight is 397 g/mol. The van der Waals surface area contributed by atoms with Crippen LogP contribution in [0.25, 0.3) is 0 Å². The number of halogens is 2. The summed E-state index contributed by atoms with van der Waals surface area (Å²) in [6.45, 7) is 14.0. The fourth-order valence-corrected chi connectivity index (χ4v) is 0.855. The Hall–Kier alpha value is 0.640. The van der Waals surface area contributed by atoms with E-state index in [1.54, 1.807) is 37.2 Å². The molecule has 0 saturated carbocycles. The van der Waals surface area contributed by atoms with E-state index in [2.05, 4.69) is 51.2 Å². The maximum atomic E-state index is 3.25. The molecule has 2 rings (SSSR count). The van der Waals surface area contributed by atoms with Gasteiger partial charge >= 0.3 is 30.2 Å². The molecule has 0 aromatic heterocycles. The first kappa shape index (κ1) is 31.8. The fraction of sp³-hybridized carbons (Fsp3) is 0.333. The molecule has 4 heteroatoms. The van der Waals surface area contributed by atoms with E-state index >= 15 is 0 Å². The van der Waals surface area contributed by atoms with Crippen LogP contribution in [-0.2, 0) is 23.3 Å². The van der Waals surface area contributed by atoms with Gasteiger partial charge in [-0.05, 0) is 0 Å². The van der Waals surface area contributed by atoms with Gasteiger partial charge in [0.25, 0.3) is 0 Å². The Morgan fingerprint density at radius 3 is 1.68 bits per heavy atom. The second-order valence-corrected chi connectivity index (χ2v) is 2.47. The van der Waals surface area contributed by atoms with Gasteiger partial charge in [-0.15, -0.1) is 37.7 Å². The van der Waals surface area contributed by atoms with Crippen LogP contribution in [0.2, 0.25) is 0 Å². The molecular weight excluding hydrogens is 370 g/mol. The van der Waals surface area contributed by atoms with Crippen LogP contribution >= 0.6 is 24.8 Å². The van der Waals surface area contributed by atoms with Crippen molar-refractivity contribution in [3.63, 3.8) is 0 Å². The molecular formula is C15H26Cl2SiZr-4. The molecule has 0 aromatic carbocycles. The Bertz CT molecular complexity index is 234. The summed E-state index contributed by atoms with van der Waals surface area (Å²) in [6, 6.07) is 0. The monoisotopic (exact) mass is 394 g/mol. The van der Waals surface area contributed by atoms with Gasteiger partial charge in [0, 0.05) is 0 Å². The van der Waals surface area contributed by atoms with Crippen LogP contribution in [0.1, 0.15) is 33.6 Å². The van der Waals surface area contributed by atoms with Crippen LogP contribution in [-0.4, -0.2) is 6.88 Å². The SMILES string of the molecule is CC1=[C-]CC=C1.Cl.Cl.[C-]1=CC=CC1.[CH2-]C.[CH2-]C.[SiH2]=[Zr]. The quantitative estimate of drug-likeness (QED) is 0.414. The summed E-state index contributed by atoms with van der Waals surface area (Å²) in [6.07, 6.45) is 18.3. The van der Waals surface area contributed by atoms with E-state index in [0.717, 1.165) is 12.8 Å². The Balaban J connectivity index is -0.0000000464. The summed E-state index contributed by atoms with van der Waals surface area (Å²) in [5.41, 5.74) is 1.27. The Kier molecular flexibility index (Phi) is 60.8.